The summed E-state index contributed by atoms with van der Waals surface area (Å²) in [6, 6.07) is 28.5. The number of carbonyl (C=O) groups is 2. The Hall–Kier alpha value is -5.11. The molecule has 0 aliphatic heterocycles. The molecule has 0 saturated heterocycles. The Morgan fingerprint density at radius 2 is 1.70 bits per heavy atom. The Kier molecular flexibility index (Phi) is 7.77. The van der Waals surface area contributed by atoms with E-state index in [1.807, 2.05) is 79.7 Å². The number of amides is 1. The van der Waals surface area contributed by atoms with E-state index in [9.17, 15) is 14.7 Å². The number of rotatable bonds is 10. The molecule has 0 aliphatic carbocycles. The molecule has 1 amide bonds. The fraction of sp³-hybridized carbons (Fsp3) is 0.156. The van der Waals surface area contributed by atoms with E-state index < -0.39 is 5.97 Å². The van der Waals surface area contributed by atoms with Crippen LogP contribution in [0.5, 0.6) is 5.75 Å². The van der Waals surface area contributed by atoms with E-state index in [0.29, 0.717) is 34.1 Å². The number of hydrogen-bond acceptors (Lipinski definition) is 6. The van der Waals surface area contributed by atoms with Crippen LogP contribution in [0.2, 0.25) is 0 Å². The molecule has 5 rings (SSSR count). The van der Waals surface area contributed by atoms with Gasteiger partial charge < -0.3 is 24.9 Å². The molecule has 0 aliphatic rings. The molecule has 3 N–H and O–H groups in total. The third-order valence-corrected chi connectivity index (χ3v) is 6.69. The van der Waals surface area contributed by atoms with Crippen molar-refractivity contribution in [2.45, 2.75) is 25.7 Å². The van der Waals surface area contributed by atoms with E-state index in [1.54, 1.807) is 18.2 Å². The number of benzene rings is 4. The first-order chi connectivity index (χ1) is 19.4. The van der Waals surface area contributed by atoms with Crippen molar-refractivity contribution in [3.8, 4) is 5.75 Å². The third-order valence-electron chi connectivity index (χ3n) is 6.69. The standard InChI is InChI=1S/C32H29N3O5/c1-20-9-6-7-14-26(20)34-32-35-27-16-15-23(30(39-2)31(27)40-32)18-28(36)33-24-13-8-12-22(17-24)25(19-29(37)38)21-10-4-3-5-11-21/h3-17,25H,18-19H2,1-2H3,(H,33,36)(H,34,35)(H,37,38). The van der Waals surface area contributed by atoms with Crippen LogP contribution in [-0.2, 0) is 16.0 Å². The average Bonchev–Trinajstić information content (AvgIpc) is 3.36. The van der Waals surface area contributed by atoms with Gasteiger partial charge in [-0.15, -0.1) is 0 Å². The molecule has 0 bridgehead atoms. The normalized spacial score (nSPS) is 11.7. The molecular formula is C32H29N3O5. The average molecular weight is 536 g/mol. The molecule has 8 nitrogen and oxygen atoms in total. The monoisotopic (exact) mass is 535 g/mol. The van der Waals surface area contributed by atoms with Crippen LogP contribution in [0.25, 0.3) is 11.1 Å². The molecule has 0 radical (unpaired) electrons. The van der Waals surface area contributed by atoms with Crippen molar-refractivity contribution in [3.63, 3.8) is 0 Å². The molecule has 1 atom stereocenters. The highest BCUT2D eigenvalue weighted by molar-refractivity contribution is 5.94. The smallest absolute Gasteiger partial charge is 0.304 e. The molecular weight excluding hydrogens is 506 g/mol. The maximum Gasteiger partial charge on any atom is 0.304 e. The van der Waals surface area contributed by atoms with Crippen LogP contribution in [-0.4, -0.2) is 29.1 Å². The highest BCUT2D eigenvalue weighted by Gasteiger charge is 2.20. The van der Waals surface area contributed by atoms with Gasteiger partial charge in [0.15, 0.2) is 11.3 Å². The first kappa shape index (κ1) is 26.5. The lowest BCUT2D eigenvalue weighted by Gasteiger charge is -2.17. The maximum atomic E-state index is 13.1. The number of methoxy groups -OCH3 is 1. The number of oxazole rings is 1. The molecule has 1 unspecified atom stereocenters. The number of aryl methyl sites for hydroxylation is 1. The Morgan fingerprint density at radius 1 is 0.950 bits per heavy atom. The lowest BCUT2D eigenvalue weighted by Crippen LogP contribution is -2.15. The van der Waals surface area contributed by atoms with E-state index in [1.165, 1.54) is 7.11 Å². The number of aromatic nitrogens is 1. The predicted octanol–water partition coefficient (Wildman–Crippen LogP) is 6.68. The van der Waals surface area contributed by atoms with Gasteiger partial charge in [0, 0.05) is 22.9 Å². The van der Waals surface area contributed by atoms with Gasteiger partial charge in [0.05, 0.1) is 20.0 Å². The SMILES string of the molecule is COc1c(CC(=O)Nc2cccc(C(CC(=O)O)c3ccccc3)c2)ccc2nc(Nc3ccccc3C)oc12. The number of aliphatic carboxylic acids is 1. The van der Waals surface area contributed by atoms with Crippen LogP contribution in [0.4, 0.5) is 17.4 Å². The van der Waals surface area contributed by atoms with Gasteiger partial charge in [0.2, 0.25) is 5.91 Å². The molecule has 5 aromatic rings. The van der Waals surface area contributed by atoms with Crippen molar-refractivity contribution in [1.82, 2.24) is 4.98 Å². The molecule has 0 spiro atoms. The summed E-state index contributed by atoms with van der Waals surface area (Å²) in [5.41, 5.74) is 5.92. The number of nitrogens with zero attached hydrogens (tertiary/aromatic N) is 1. The lowest BCUT2D eigenvalue weighted by molar-refractivity contribution is -0.137. The Balaban J connectivity index is 1.34. The van der Waals surface area contributed by atoms with Crippen LogP contribution in [0.3, 0.4) is 0 Å². The maximum absolute atomic E-state index is 13.1. The molecule has 0 saturated carbocycles. The van der Waals surface area contributed by atoms with Gasteiger partial charge in [-0.05, 0) is 47.9 Å². The van der Waals surface area contributed by atoms with Crippen LogP contribution < -0.4 is 15.4 Å². The van der Waals surface area contributed by atoms with Crippen molar-refractivity contribution in [1.29, 1.82) is 0 Å². The van der Waals surface area contributed by atoms with Gasteiger partial charge in [-0.25, -0.2) is 0 Å². The number of para-hydroxylation sites is 1. The lowest BCUT2D eigenvalue weighted by atomic mass is 9.88. The molecule has 4 aromatic carbocycles. The summed E-state index contributed by atoms with van der Waals surface area (Å²) in [5, 5.41) is 15.6. The summed E-state index contributed by atoms with van der Waals surface area (Å²) in [5.74, 6) is -1.04. The second-order valence-electron chi connectivity index (χ2n) is 9.48. The fourth-order valence-corrected chi connectivity index (χ4v) is 4.75. The second kappa shape index (κ2) is 11.7. The minimum absolute atomic E-state index is 0.0435. The van der Waals surface area contributed by atoms with Crippen molar-refractivity contribution in [2.75, 3.05) is 17.7 Å². The first-order valence-corrected chi connectivity index (χ1v) is 12.9. The largest absolute Gasteiger partial charge is 0.492 e. The first-order valence-electron chi connectivity index (χ1n) is 12.9. The molecule has 1 aromatic heterocycles. The van der Waals surface area contributed by atoms with E-state index in [-0.39, 0.29) is 24.7 Å². The van der Waals surface area contributed by atoms with E-state index in [4.69, 9.17) is 9.15 Å². The summed E-state index contributed by atoms with van der Waals surface area (Å²) < 4.78 is 11.6. The number of carbonyl (C=O) groups excluding carboxylic acids is 1. The van der Waals surface area contributed by atoms with E-state index in [0.717, 1.165) is 22.4 Å². The minimum atomic E-state index is -0.893. The summed E-state index contributed by atoms with van der Waals surface area (Å²) >= 11 is 0. The summed E-state index contributed by atoms with van der Waals surface area (Å²) in [4.78, 5) is 29.2. The van der Waals surface area contributed by atoms with Crippen molar-refractivity contribution in [2.24, 2.45) is 0 Å². The van der Waals surface area contributed by atoms with Crippen molar-refractivity contribution < 1.29 is 23.8 Å². The van der Waals surface area contributed by atoms with Crippen molar-refractivity contribution in [3.05, 3.63) is 113 Å². The number of carboxylic acids is 1. The topological polar surface area (TPSA) is 114 Å². The predicted molar refractivity (Wildman–Crippen MR) is 154 cm³/mol. The number of carboxylic acid groups (broad SMARTS) is 1. The Morgan fingerprint density at radius 3 is 2.45 bits per heavy atom. The number of nitrogens with one attached hydrogen (secondary N) is 2. The molecule has 40 heavy (non-hydrogen) atoms. The zero-order chi connectivity index (χ0) is 28.1. The minimum Gasteiger partial charge on any atom is -0.492 e. The molecule has 0 fully saturated rings. The van der Waals surface area contributed by atoms with Gasteiger partial charge >= 0.3 is 5.97 Å². The third kappa shape index (κ3) is 5.96. The summed E-state index contributed by atoms with van der Waals surface area (Å²) in [6.07, 6.45) is -0.0155. The van der Waals surface area contributed by atoms with Crippen LogP contribution in [0.15, 0.2) is 95.4 Å². The molecule has 202 valence electrons. The zero-order valence-corrected chi connectivity index (χ0v) is 22.2. The quantitative estimate of drug-likeness (QED) is 0.183. The second-order valence-corrected chi connectivity index (χ2v) is 9.48. The zero-order valence-electron chi connectivity index (χ0n) is 22.2. The number of hydrogen-bond donors (Lipinski definition) is 3. The van der Waals surface area contributed by atoms with Gasteiger partial charge in [0.25, 0.3) is 6.01 Å². The number of fused-ring (bicyclic) bond motifs is 1. The van der Waals surface area contributed by atoms with E-state index >= 15 is 0 Å². The summed E-state index contributed by atoms with van der Waals surface area (Å²) in [6.45, 7) is 1.99. The van der Waals surface area contributed by atoms with Crippen LogP contribution >= 0.6 is 0 Å². The highest BCUT2D eigenvalue weighted by atomic mass is 16.5. The Bertz CT molecular complexity index is 1660. The van der Waals surface area contributed by atoms with Crippen LogP contribution in [0.1, 0.15) is 34.6 Å². The number of anilines is 3. The van der Waals surface area contributed by atoms with Crippen LogP contribution in [0, 0.1) is 6.92 Å². The van der Waals surface area contributed by atoms with Gasteiger partial charge in [-0.3, -0.25) is 9.59 Å². The van der Waals surface area contributed by atoms with E-state index in [2.05, 4.69) is 15.6 Å². The molecule has 1 heterocycles. The highest BCUT2D eigenvalue weighted by Crippen LogP contribution is 2.34. The van der Waals surface area contributed by atoms with Crippen molar-refractivity contribution >= 4 is 40.4 Å². The van der Waals surface area contributed by atoms with Gasteiger partial charge in [0.1, 0.15) is 5.52 Å². The Labute approximate surface area is 231 Å². The molecule has 8 heteroatoms. The fourth-order valence-electron chi connectivity index (χ4n) is 4.75. The van der Waals surface area contributed by atoms with Gasteiger partial charge in [-0.1, -0.05) is 66.7 Å². The van der Waals surface area contributed by atoms with Gasteiger partial charge in [-0.2, -0.15) is 4.98 Å². The number of ether oxygens (including phenoxy) is 1. The summed E-state index contributed by atoms with van der Waals surface area (Å²) in [7, 11) is 1.53.